The predicted molar refractivity (Wildman–Crippen MR) is 88.0 cm³/mol. The number of nitrogens with two attached hydrogens (primary N) is 1. The molecule has 0 radical (unpaired) electrons. The molecular formula is C14H12Cl2N2O3S. The van der Waals surface area contributed by atoms with Crippen molar-refractivity contribution in [2.45, 2.75) is 6.42 Å². The SMILES string of the molecule is NC(=O)CCOc1ccccc1NC(=O)c1cc(Cl)sc1Cl. The maximum Gasteiger partial charge on any atom is 0.258 e. The van der Waals surface area contributed by atoms with Crippen molar-refractivity contribution in [1.82, 2.24) is 0 Å². The van der Waals surface area contributed by atoms with Crippen LogP contribution in [0.4, 0.5) is 5.69 Å². The summed E-state index contributed by atoms with van der Waals surface area (Å²) in [5.74, 6) is -0.408. The number of thiophene rings is 1. The van der Waals surface area contributed by atoms with Crippen LogP contribution >= 0.6 is 34.5 Å². The number of benzene rings is 1. The fourth-order valence-corrected chi connectivity index (χ4v) is 3.10. The van der Waals surface area contributed by atoms with Crippen LogP contribution < -0.4 is 15.8 Å². The molecule has 2 amide bonds. The van der Waals surface area contributed by atoms with Gasteiger partial charge in [0.05, 0.1) is 28.6 Å². The molecule has 3 N–H and O–H groups in total. The molecule has 0 saturated heterocycles. The lowest BCUT2D eigenvalue weighted by molar-refractivity contribution is -0.118. The average molecular weight is 359 g/mol. The van der Waals surface area contributed by atoms with Gasteiger partial charge in [0.1, 0.15) is 10.1 Å². The van der Waals surface area contributed by atoms with Crippen LogP contribution in [0.1, 0.15) is 16.8 Å². The number of rotatable bonds is 6. The van der Waals surface area contributed by atoms with Gasteiger partial charge in [-0.3, -0.25) is 9.59 Å². The number of hydrogen-bond donors (Lipinski definition) is 2. The zero-order valence-electron chi connectivity index (χ0n) is 11.3. The molecule has 0 aliphatic rings. The Balaban J connectivity index is 2.10. The smallest absolute Gasteiger partial charge is 0.258 e. The number of carbonyl (C=O) groups is 2. The molecule has 2 rings (SSSR count). The zero-order valence-corrected chi connectivity index (χ0v) is 13.6. The van der Waals surface area contributed by atoms with Crippen LogP contribution in [0, 0.1) is 0 Å². The van der Waals surface area contributed by atoms with Crippen molar-refractivity contribution < 1.29 is 14.3 Å². The Hall–Kier alpha value is -1.76. The van der Waals surface area contributed by atoms with Gasteiger partial charge in [0, 0.05) is 0 Å². The van der Waals surface area contributed by atoms with Crippen molar-refractivity contribution in [3.63, 3.8) is 0 Å². The van der Waals surface area contributed by atoms with Crippen LogP contribution in [0.2, 0.25) is 8.67 Å². The first-order chi connectivity index (χ1) is 10.5. The van der Waals surface area contributed by atoms with Crippen LogP contribution in [0.15, 0.2) is 30.3 Å². The number of primary amides is 1. The van der Waals surface area contributed by atoms with E-state index in [2.05, 4.69) is 5.32 Å². The second-order valence-corrected chi connectivity index (χ2v) is 6.54. The summed E-state index contributed by atoms with van der Waals surface area (Å²) in [5.41, 5.74) is 5.82. The van der Waals surface area contributed by atoms with E-state index in [9.17, 15) is 9.59 Å². The summed E-state index contributed by atoms with van der Waals surface area (Å²) in [6.45, 7) is 0.132. The Labute approximate surface area is 141 Å². The van der Waals surface area contributed by atoms with Gasteiger partial charge in [-0.05, 0) is 18.2 Å². The number of para-hydroxylation sites is 2. The molecule has 0 spiro atoms. The van der Waals surface area contributed by atoms with E-state index in [1.807, 2.05) is 0 Å². The molecule has 2 aromatic rings. The summed E-state index contributed by atoms with van der Waals surface area (Å²) in [5, 5.41) is 2.70. The van der Waals surface area contributed by atoms with Crippen LogP contribution in [-0.2, 0) is 4.79 Å². The summed E-state index contributed by atoms with van der Waals surface area (Å²) in [7, 11) is 0. The number of amides is 2. The second-order valence-electron chi connectivity index (χ2n) is 4.25. The number of hydrogen-bond acceptors (Lipinski definition) is 4. The molecule has 0 bridgehead atoms. The van der Waals surface area contributed by atoms with Gasteiger partial charge in [0.2, 0.25) is 5.91 Å². The molecule has 0 atom stereocenters. The quantitative estimate of drug-likeness (QED) is 0.827. The topological polar surface area (TPSA) is 81.4 Å². The predicted octanol–water partition coefficient (Wildman–Crippen LogP) is 3.56. The van der Waals surface area contributed by atoms with E-state index < -0.39 is 5.91 Å². The summed E-state index contributed by atoms with van der Waals surface area (Å²) < 4.78 is 6.19. The molecule has 1 aromatic heterocycles. The molecule has 1 aromatic carbocycles. The number of carbonyl (C=O) groups excluding carboxylic acids is 2. The highest BCUT2D eigenvalue weighted by atomic mass is 35.5. The van der Waals surface area contributed by atoms with E-state index in [0.717, 1.165) is 11.3 Å². The minimum absolute atomic E-state index is 0.0915. The third-order valence-electron chi connectivity index (χ3n) is 2.64. The highest BCUT2D eigenvalue weighted by Gasteiger charge is 2.16. The Morgan fingerprint density at radius 3 is 2.64 bits per heavy atom. The van der Waals surface area contributed by atoms with Crippen molar-refractivity contribution >= 4 is 52.0 Å². The third kappa shape index (κ3) is 4.37. The fourth-order valence-electron chi connectivity index (χ4n) is 1.64. The first-order valence-electron chi connectivity index (χ1n) is 6.23. The van der Waals surface area contributed by atoms with Gasteiger partial charge >= 0.3 is 0 Å². The van der Waals surface area contributed by atoms with E-state index in [1.54, 1.807) is 24.3 Å². The van der Waals surface area contributed by atoms with Crippen molar-refractivity contribution in [2.24, 2.45) is 5.73 Å². The van der Waals surface area contributed by atoms with Crippen molar-refractivity contribution in [3.05, 3.63) is 44.6 Å². The van der Waals surface area contributed by atoms with Crippen LogP contribution in [0.25, 0.3) is 0 Å². The average Bonchev–Trinajstić information content (AvgIpc) is 2.79. The lowest BCUT2D eigenvalue weighted by Crippen LogP contribution is -2.16. The standard InChI is InChI=1S/C14H12Cl2N2O3S/c15-11-7-8(13(16)22-11)14(20)18-9-3-1-2-4-10(9)21-6-5-12(17)19/h1-4,7H,5-6H2,(H2,17,19)(H,18,20). The molecule has 22 heavy (non-hydrogen) atoms. The largest absolute Gasteiger partial charge is 0.491 e. The number of nitrogens with one attached hydrogen (secondary N) is 1. The Bertz CT molecular complexity index is 703. The van der Waals surface area contributed by atoms with Gasteiger partial charge in [-0.1, -0.05) is 35.3 Å². The van der Waals surface area contributed by atoms with Crippen molar-refractivity contribution in [2.75, 3.05) is 11.9 Å². The Morgan fingerprint density at radius 2 is 2.00 bits per heavy atom. The highest BCUT2D eigenvalue weighted by molar-refractivity contribution is 7.20. The molecule has 116 valence electrons. The molecule has 0 aliphatic heterocycles. The summed E-state index contributed by atoms with van der Waals surface area (Å²) in [6, 6.07) is 8.36. The van der Waals surface area contributed by atoms with Crippen molar-refractivity contribution in [3.8, 4) is 5.75 Å². The molecule has 0 fully saturated rings. The third-order valence-corrected chi connectivity index (χ3v) is 4.13. The molecule has 0 aliphatic carbocycles. The molecule has 0 saturated carbocycles. The number of halogens is 2. The van der Waals surface area contributed by atoms with Gasteiger partial charge in [0.25, 0.3) is 5.91 Å². The van der Waals surface area contributed by atoms with Crippen LogP contribution in [0.3, 0.4) is 0 Å². The fraction of sp³-hybridized carbons (Fsp3) is 0.143. The minimum atomic E-state index is -0.457. The Morgan fingerprint density at radius 1 is 1.27 bits per heavy atom. The first-order valence-corrected chi connectivity index (χ1v) is 7.81. The monoisotopic (exact) mass is 358 g/mol. The molecule has 8 heteroatoms. The highest BCUT2D eigenvalue weighted by Crippen LogP contribution is 2.32. The summed E-state index contributed by atoms with van der Waals surface area (Å²) >= 11 is 12.9. The minimum Gasteiger partial charge on any atom is -0.491 e. The van der Waals surface area contributed by atoms with Gasteiger partial charge in [-0.2, -0.15) is 0 Å². The number of ether oxygens (including phenoxy) is 1. The lowest BCUT2D eigenvalue weighted by Gasteiger charge is -2.11. The maximum absolute atomic E-state index is 12.2. The zero-order chi connectivity index (χ0) is 16.1. The molecular weight excluding hydrogens is 347 g/mol. The van der Waals surface area contributed by atoms with E-state index in [4.69, 9.17) is 33.7 Å². The second kappa shape index (κ2) is 7.49. The van der Waals surface area contributed by atoms with Gasteiger partial charge in [0.15, 0.2) is 0 Å². The summed E-state index contributed by atoms with van der Waals surface area (Å²) in [6.07, 6.45) is 0.0915. The van der Waals surface area contributed by atoms with E-state index in [1.165, 1.54) is 6.07 Å². The molecule has 0 unspecified atom stereocenters. The molecule has 1 heterocycles. The van der Waals surface area contributed by atoms with E-state index in [-0.39, 0.29) is 18.9 Å². The Kier molecular flexibility index (Phi) is 5.65. The van der Waals surface area contributed by atoms with Gasteiger partial charge < -0.3 is 15.8 Å². The first kappa shape index (κ1) is 16.6. The number of anilines is 1. The van der Waals surface area contributed by atoms with Crippen molar-refractivity contribution in [1.29, 1.82) is 0 Å². The van der Waals surface area contributed by atoms with Gasteiger partial charge in [-0.15, -0.1) is 11.3 Å². The van der Waals surface area contributed by atoms with E-state index >= 15 is 0 Å². The molecule has 5 nitrogen and oxygen atoms in total. The van der Waals surface area contributed by atoms with E-state index in [0.29, 0.717) is 25.7 Å². The van der Waals surface area contributed by atoms with Crippen LogP contribution in [-0.4, -0.2) is 18.4 Å². The summed E-state index contributed by atoms with van der Waals surface area (Å²) in [4.78, 5) is 22.9. The maximum atomic E-state index is 12.2. The van der Waals surface area contributed by atoms with Crippen LogP contribution in [0.5, 0.6) is 5.75 Å². The van der Waals surface area contributed by atoms with Gasteiger partial charge in [-0.25, -0.2) is 0 Å². The lowest BCUT2D eigenvalue weighted by atomic mass is 10.2. The normalized spacial score (nSPS) is 10.3.